The zero-order chi connectivity index (χ0) is 14.9. The Labute approximate surface area is 121 Å². The molecular weight excluding hydrogens is 276 g/mol. The summed E-state index contributed by atoms with van der Waals surface area (Å²) >= 11 is 0. The third-order valence-corrected chi connectivity index (χ3v) is 5.91. The first kappa shape index (κ1) is 15.5. The molecule has 0 bridgehead atoms. The van der Waals surface area contributed by atoms with Crippen LogP contribution in [-0.2, 0) is 16.6 Å². The minimum absolute atomic E-state index is 0.126. The van der Waals surface area contributed by atoms with Gasteiger partial charge in [-0.25, -0.2) is 13.4 Å². The molecule has 0 spiro atoms. The minimum atomic E-state index is -3.46. The van der Waals surface area contributed by atoms with E-state index in [9.17, 15) is 8.42 Å². The zero-order valence-corrected chi connectivity index (χ0v) is 13.2. The maximum Gasteiger partial charge on any atom is 0.262 e. The van der Waals surface area contributed by atoms with E-state index in [1.807, 2.05) is 25.3 Å². The molecule has 1 aliphatic rings. The van der Waals surface area contributed by atoms with Crippen molar-refractivity contribution in [3.63, 3.8) is 0 Å². The molecule has 0 aliphatic carbocycles. The molecule has 0 aromatic carbocycles. The molecule has 0 amide bonds. The van der Waals surface area contributed by atoms with Crippen LogP contribution in [-0.4, -0.2) is 41.4 Å². The largest absolute Gasteiger partial charge is 0.334 e. The number of aromatic nitrogens is 2. The number of aryl methyl sites for hydroxylation is 2. The molecule has 1 fully saturated rings. The van der Waals surface area contributed by atoms with Gasteiger partial charge in [-0.3, -0.25) is 0 Å². The molecule has 2 heterocycles. The Bertz CT molecular complexity index is 557. The molecule has 2 rings (SSSR count). The fourth-order valence-electron chi connectivity index (χ4n) is 2.70. The molecule has 1 saturated heterocycles. The van der Waals surface area contributed by atoms with Gasteiger partial charge in [0.05, 0.1) is 0 Å². The van der Waals surface area contributed by atoms with Gasteiger partial charge in [0.15, 0.2) is 5.03 Å². The lowest BCUT2D eigenvalue weighted by atomic mass is 9.92. The highest BCUT2D eigenvalue weighted by molar-refractivity contribution is 7.89. The number of nitrogens with two attached hydrogens (primary N) is 1. The number of piperidine rings is 1. The summed E-state index contributed by atoms with van der Waals surface area (Å²) in [6.45, 7) is 7.57. The maximum atomic E-state index is 12.6. The Hall–Kier alpha value is -0.920. The number of nitrogens with zero attached hydrogens (tertiary/aromatic N) is 3. The fourth-order valence-corrected chi connectivity index (χ4v) is 4.16. The molecule has 20 heavy (non-hydrogen) atoms. The summed E-state index contributed by atoms with van der Waals surface area (Å²) in [5, 5.41) is 0.163. The van der Waals surface area contributed by atoms with E-state index in [1.165, 1.54) is 4.31 Å². The maximum absolute atomic E-state index is 12.6. The van der Waals surface area contributed by atoms with Crippen molar-refractivity contribution in [2.45, 2.75) is 51.2 Å². The van der Waals surface area contributed by atoms with E-state index >= 15 is 0 Å². The molecule has 7 heteroatoms. The SMILES string of the molecule is CCn1cc(S(=O)(=O)N2CCC(C(C)N)CC2)nc1C. The van der Waals surface area contributed by atoms with Gasteiger partial charge in [-0.1, -0.05) is 0 Å². The van der Waals surface area contributed by atoms with E-state index in [0.717, 1.165) is 25.2 Å². The highest BCUT2D eigenvalue weighted by Gasteiger charge is 2.32. The zero-order valence-electron chi connectivity index (χ0n) is 12.4. The van der Waals surface area contributed by atoms with Crippen LogP contribution in [0, 0.1) is 12.8 Å². The molecule has 0 radical (unpaired) electrons. The van der Waals surface area contributed by atoms with Gasteiger partial charge < -0.3 is 10.3 Å². The van der Waals surface area contributed by atoms with Gasteiger partial charge in [-0.2, -0.15) is 4.31 Å². The summed E-state index contributed by atoms with van der Waals surface area (Å²) in [6.07, 6.45) is 3.27. The quantitative estimate of drug-likeness (QED) is 0.898. The first-order valence-electron chi connectivity index (χ1n) is 7.15. The lowest BCUT2D eigenvalue weighted by Crippen LogP contribution is -2.42. The van der Waals surface area contributed by atoms with Gasteiger partial charge in [0.1, 0.15) is 5.82 Å². The van der Waals surface area contributed by atoms with Crippen molar-refractivity contribution in [3.05, 3.63) is 12.0 Å². The van der Waals surface area contributed by atoms with Crippen LogP contribution >= 0.6 is 0 Å². The van der Waals surface area contributed by atoms with E-state index in [4.69, 9.17) is 5.73 Å². The highest BCUT2D eigenvalue weighted by Crippen LogP contribution is 2.24. The van der Waals surface area contributed by atoms with E-state index in [-0.39, 0.29) is 11.1 Å². The molecule has 6 nitrogen and oxygen atoms in total. The lowest BCUT2D eigenvalue weighted by molar-refractivity contribution is 0.250. The van der Waals surface area contributed by atoms with Crippen LogP contribution < -0.4 is 5.73 Å². The lowest BCUT2D eigenvalue weighted by Gasteiger charge is -2.32. The average Bonchev–Trinajstić information content (AvgIpc) is 2.80. The van der Waals surface area contributed by atoms with Crippen LogP contribution in [0.25, 0.3) is 0 Å². The van der Waals surface area contributed by atoms with Gasteiger partial charge in [0.2, 0.25) is 0 Å². The summed E-state index contributed by atoms with van der Waals surface area (Å²) in [5.74, 6) is 1.15. The Kier molecular flexibility index (Phi) is 4.51. The smallest absolute Gasteiger partial charge is 0.262 e. The molecule has 2 N–H and O–H groups in total. The molecule has 1 unspecified atom stereocenters. The Morgan fingerprint density at radius 3 is 2.50 bits per heavy atom. The second kappa shape index (κ2) is 5.83. The molecule has 114 valence electrons. The topological polar surface area (TPSA) is 81.2 Å². The van der Waals surface area contributed by atoms with Crippen molar-refractivity contribution in [3.8, 4) is 0 Å². The molecular formula is C13H24N4O2S. The third-order valence-electron chi connectivity index (χ3n) is 4.14. The number of rotatable bonds is 4. The monoisotopic (exact) mass is 300 g/mol. The van der Waals surface area contributed by atoms with Crippen molar-refractivity contribution in [1.82, 2.24) is 13.9 Å². The van der Waals surface area contributed by atoms with Crippen LogP contribution in [0.1, 0.15) is 32.5 Å². The van der Waals surface area contributed by atoms with Crippen molar-refractivity contribution in [2.24, 2.45) is 11.7 Å². The summed E-state index contributed by atoms with van der Waals surface area (Å²) in [4.78, 5) is 4.19. The highest BCUT2D eigenvalue weighted by atomic mass is 32.2. The molecule has 1 aromatic heterocycles. The van der Waals surface area contributed by atoms with Crippen LogP contribution in [0.15, 0.2) is 11.2 Å². The number of sulfonamides is 1. The first-order valence-corrected chi connectivity index (χ1v) is 8.59. The Morgan fingerprint density at radius 2 is 2.05 bits per heavy atom. The van der Waals surface area contributed by atoms with Gasteiger partial charge >= 0.3 is 0 Å². The summed E-state index contributed by atoms with van der Waals surface area (Å²) in [7, 11) is -3.46. The van der Waals surface area contributed by atoms with Crippen molar-refractivity contribution in [2.75, 3.05) is 13.1 Å². The summed E-state index contributed by atoms with van der Waals surface area (Å²) < 4.78 is 28.5. The van der Waals surface area contributed by atoms with Crippen LogP contribution in [0.4, 0.5) is 0 Å². The average molecular weight is 300 g/mol. The minimum Gasteiger partial charge on any atom is -0.334 e. The third kappa shape index (κ3) is 2.89. The summed E-state index contributed by atoms with van der Waals surface area (Å²) in [5.41, 5.74) is 5.89. The van der Waals surface area contributed by atoms with E-state index < -0.39 is 10.0 Å². The fraction of sp³-hybridized carbons (Fsp3) is 0.769. The van der Waals surface area contributed by atoms with E-state index in [1.54, 1.807) is 6.20 Å². The van der Waals surface area contributed by atoms with Gasteiger partial charge in [-0.15, -0.1) is 0 Å². The van der Waals surface area contributed by atoms with Gasteiger partial charge in [-0.05, 0) is 39.5 Å². The van der Waals surface area contributed by atoms with E-state index in [0.29, 0.717) is 19.0 Å². The molecule has 1 aromatic rings. The van der Waals surface area contributed by atoms with Crippen molar-refractivity contribution < 1.29 is 8.42 Å². The molecule has 0 saturated carbocycles. The van der Waals surface area contributed by atoms with Gasteiger partial charge in [0.25, 0.3) is 10.0 Å². The van der Waals surface area contributed by atoms with Crippen molar-refractivity contribution in [1.29, 1.82) is 0 Å². The summed E-state index contributed by atoms with van der Waals surface area (Å²) in [6, 6.07) is 0.126. The van der Waals surface area contributed by atoms with E-state index in [2.05, 4.69) is 4.98 Å². The van der Waals surface area contributed by atoms with Crippen LogP contribution in [0.3, 0.4) is 0 Å². The first-order chi connectivity index (χ1) is 9.36. The van der Waals surface area contributed by atoms with Crippen molar-refractivity contribution >= 4 is 10.0 Å². The second-order valence-electron chi connectivity index (χ2n) is 5.51. The van der Waals surface area contributed by atoms with Gasteiger partial charge in [0, 0.05) is 31.9 Å². The number of hydrogen-bond donors (Lipinski definition) is 1. The standard InChI is InChI=1S/C13H24N4O2S/c1-4-16-9-13(15-11(16)3)20(18,19)17-7-5-12(6-8-17)10(2)14/h9-10,12H,4-8,14H2,1-3H3. The number of hydrogen-bond acceptors (Lipinski definition) is 4. The molecule has 1 aliphatic heterocycles. The number of imidazole rings is 1. The molecule has 1 atom stereocenters. The van der Waals surface area contributed by atoms with Crippen LogP contribution in [0.5, 0.6) is 0 Å². The normalized spacial score (nSPS) is 20.2. The van der Waals surface area contributed by atoms with Crippen LogP contribution in [0.2, 0.25) is 0 Å². The Balaban J connectivity index is 2.15. The Morgan fingerprint density at radius 1 is 1.45 bits per heavy atom. The predicted molar refractivity (Wildman–Crippen MR) is 77.8 cm³/mol. The second-order valence-corrected chi connectivity index (χ2v) is 7.40. The predicted octanol–water partition coefficient (Wildman–Crippen LogP) is 0.959.